The number of anilines is 1. The lowest BCUT2D eigenvalue weighted by atomic mass is 9.65. The molecule has 1 aliphatic carbocycles. The van der Waals surface area contributed by atoms with E-state index in [9.17, 15) is 13.6 Å². The summed E-state index contributed by atoms with van der Waals surface area (Å²) in [4.78, 5) is 14.3. The number of benzene rings is 1. The normalized spacial score (nSPS) is 20.4. The molecular weight excluding hydrogens is 384 g/mol. The molecular formula is C21H29F2NO3S. The molecule has 3 rings (SSSR count). The fraction of sp³-hybridized carbons (Fsp3) is 0.667. The number of rotatable bonds is 6. The predicted molar refractivity (Wildman–Crippen MR) is 108 cm³/mol. The van der Waals surface area contributed by atoms with E-state index in [-0.39, 0.29) is 12.2 Å². The molecule has 2 fully saturated rings. The van der Waals surface area contributed by atoms with Gasteiger partial charge in [-0.15, -0.1) is 11.8 Å². The van der Waals surface area contributed by atoms with Crippen molar-refractivity contribution in [3.8, 4) is 5.75 Å². The van der Waals surface area contributed by atoms with Gasteiger partial charge < -0.3 is 14.7 Å². The van der Waals surface area contributed by atoms with Crippen molar-refractivity contribution in [3.63, 3.8) is 0 Å². The Morgan fingerprint density at radius 3 is 2.46 bits per heavy atom. The number of halogens is 2. The highest BCUT2D eigenvalue weighted by Crippen LogP contribution is 2.48. The third-order valence-corrected chi connectivity index (χ3v) is 7.03. The van der Waals surface area contributed by atoms with Gasteiger partial charge in [-0.05, 0) is 68.2 Å². The maximum atomic E-state index is 13.2. The molecule has 1 heterocycles. The zero-order valence-corrected chi connectivity index (χ0v) is 17.4. The lowest BCUT2D eigenvalue weighted by Gasteiger charge is -2.46. The number of nitrogens with zero attached hydrogens (tertiary/aromatic N) is 1. The summed E-state index contributed by atoms with van der Waals surface area (Å²) in [6.07, 6.45) is 5.40. The van der Waals surface area contributed by atoms with Crippen LogP contribution in [-0.4, -0.2) is 36.5 Å². The first-order valence-electron chi connectivity index (χ1n) is 9.91. The Morgan fingerprint density at radius 1 is 1.29 bits per heavy atom. The molecule has 2 aliphatic rings. The topological polar surface area (TPSA) is 49.8 Å². The molecule has 4 nitrogen and oxygen atoms in total. The first-order chi connectivity index (χ1) is 13.2. The first kappa shape index (κ1) is 21.2. The summed E-state index contributed by atoms with van der Waals surface area (Å²) in [5.41, 5.74) is 1.28. The van der Waals surface area contributed by atoms with Gasteiger partial charge in [-0.2, -0.15) is 8.78 Å². The molecule has 1 aromatic carbocycles. The number of piperidine rings is 1. The highest BCUT2D eigenvalue weighted by atomic mass is 32.2. The number of carbonyl (C=O) groups is 1. The highest BCUT2D eigenvalue weighted by Gasteiger charge is 2.38. The van der Waals surface area contributed by atoms with Crippen molar-refractivity contribution < 1.29 is 23.4 Å². The van der Waals surface area contributed by atoms with Crippen LogP contribution < -0.4 is 9.64 Å². The van der Waals surface area contributed by atoms with Crippen LogP contribution in [0.1, 0.15) is 51.9 Å². The summed E-state index contributed by atoms with van der Waals surface area (Å²) in [6, 6.07) is 5.18. The molecule has 0 radical (unpaired) electrons. The van der Waals surface area contributed by atoms with E-state index < -0.39 is 12.1 Å². The van der Waals surface area contributed by atoms with Crippen LogP contribution in [0, 0.1) is 11.3 Å². The van der Waals surface area contributed by atoms with Crippen molar-refractivity contribution in [1.29, 1.82) is 0 Å². The van der Waals surface area contributed by atoms with Crippen molar-refractivity contribution in [1.82, 2.24) is 0 Å². The minimum Gasteiger partial charge on any atom is -0.481 e. The highest BCUT2D eigenvalue weighted by molar-refractivity contribution is 7.98. The third-order valence-electron chi connectivity index (χ3n) is 6.24. The van der Waals surface area contributed by atoms with Crippen LogP contribution in [0.2, 0.25) is 0 Å². The number of hydrogen-bond acceptors (Lipinski definition) is 4. The van der Waals surface area contributed by atoms with Crippen LogP contribution in [0.3, 0.4) is 0 Å². The van der Waals surface area contributed by atoms with Gasteiger partial charge in [-0.3, -0.25) is 4.79 Å². The molecule has 1 aromatic rings. The van der Waals surface area contributed by atoms with E-state index in [0.29, 0.717) is 11.3 Å². The van der Waals surface area contributed by atoms with Crippen LogP contribution in [0.5, 0.6) is 5.75 Å². The second kappa shape index (κ2) is 8.47. The first-order valence-corrected chi connectivity index (χ1v) is 11.1. The van der Waals surface area contributed by atoms with Gasteiger partial charge in [0.15, 0.2) is 0 Å². The summed E-state index contributed by atoms with van der Waals surface area (Å²) in [6.45, 7) is 2.53. The number of ether oxygens (including phenoxy) is 1. The summed E-state index contributed by atoms with van der Waals surface area (Å²) < 4.78 is 31.2. The molecule has 1 aliphatic heterocycles. The molecule has 0 unspecified atom stereocenters. The molecule has 156 valence electrons. The van der Waals surface area contributed by atoms with E-state index in [4.69, 9.17) is 9.84 Å². The maximum Gasteiger partial charge on any atom is 0.394 e. The van der Waals surface area contributed by atoms with Crippen molar-refractivity contribution >= 4 is 23.4 Å². The van der Waals surface area contributed by atoms with Crippen molar-refractivity contribution in [2.75, 3.05) is 24.2 Å². The molecule has 28 heavy (non-hydrogen) atoms. The molecule has 1 N–H and O–H groups in total. The lowest BCUT2D eigenvalue weighted by Crippen LogP contribution is -2.42. The van der Waals surface area contributed by atoms with E-state index in [1.165, 1.54) is 0 Å². The minimum atomic E-state index is -3.20. The zero-order valence-electron chi connectivity index (χ0n) is 16.5. The third kappa shape index (κ3) is 5.31. The van der Waals surface area contributed by atoms with Gasteiger partial charge in [0.05, 0.1) is 5.69 Å². The number of carboxylic acids is 1. The van der Waals surface area contributed by atoms with Gasteiger partial charge >= 0.3 is 12.1 Å². The molecule has 0 amide bonds. The molecule has 0 atom stereocenters. The Balaban J connectivity index is 1.64. The standard InChI is InChI=1S/C21H29F2NO3S/c1-20(22,23)27-16-3-4-18(28-2)17(14-16)24-11-9-21(10-12-24)7-5-15(6-8-21)13-19(25)26/h3-4,14-15H,5-13H2,1-2H3,(H,25,26). The van der Waals surface area contributed by atoms with Crippen molar-refractivity contribution in [2.45, 2.75) is 62.9 Å². The average Bonchev–Trinajstić information content (AvgIpc) is 2.63. The summed E-state index contributed by atoms with van der Waals surface area (Å²) in [5.74, 6) is -0.191. The van der Waals surface area contributed by atoms with Crippen LogP contribution in [0.25, 0.3) is 0 Å². The number of aliphatic carboxylic acids is 1. The van der Waals surface area contributed by atoms with Crippen LogP contribution >= 0.6 is 11.8 Å². The number of hydrogen-bond donors (Lipinski definition) is 1. The zero-order chi connectivity index (χ0) is 20.4. The molecule has 1 spiro atoms. The fourth-order valence-electron chi connectivity index (χ4n) is 4.65. The van der Waals surface area contributed by atoms with Gasteiger partial charge in [-0.1, -0.05) is 0 Å². The largest absolute Gasteiger partial charge is 0.481 e. The van der Waals surface area contributed by atoms with E-state index in [1.807, 2.05) is 12.3 Å². The average molecular weight is 414 g/mol. The number of alkyl halides is 2. The molecule has 0 bridgehead atoms. The Bertz CT molecular complexity index is 689. The van der Waals surface area contributed by atoms with Crippen molar-refractivity contribution in [2.24, 2.45) is 11.3 Å². The molecule has 1 saturated heterocycles. The predicted octanol–water partition coefficient (Wildman–Crippen LogP) is 5.65. The quantitative estimate of drug-likeness (QED) is 0.611. The fourth-order valence-corrected chi connectivity index (χ4v) is 5.25. The Labute approximate surface area is 169 Å². The van der Waals surface area contributed by atoms with Gasteiger partial charge in [-0.25, -0.2) is 0 Å². The number of thioether (sulfide) groups is 1. The second-order valence-electron chi connectivity index (χ2n) is 8.27. The van der Waals surface area contributed by atoms with E-state index in [1.54, 1.807) is 23.9 Å². The summed E-state index contributed by atoms with van der Waals surface area (Å²) >= 11 is 1.61. The van der Waals surface area contributed by atoms with E-state index >= 15 is 0 Å². The van der Waals surface area contributed by atoms with Gasteiger partial charge in [0.2, 0.25) is 0 Å². The molecule has 1 saturated carbocycles. The monoisotopic (exact) mass is 413 g/mol. The van der Waals surface area contributed by atoms with Crippen molar-refractivity contribution in [3.05, 3.63) is 18.2 Å². The Morgan fingerprint density at radius 2 is 1.93 bits per heavy atom. The second-order valence-corrected chi connectivity index (χ2v) is 9.12. The molecule has 0 aromatic heterocycles. The number of carboxylic acid groups (broad SMARTS) is 1. The van der Waals surface area contributed by atoms with Gasteiger partial charge in [0.1, 0.15) is 5.75 Å². The van der Waals surface area contributed by atoms with Crippen LogP contribution in [0.15, 0.2) is 23.1 Å². The Hall–Kier alpha value is -1.50. The Kier molecular flexibility index (Phi) is 6.42. The smallest absolute Gasteiger partial charge is 0.394 e. The SMILES string of the molecule is CSc1ccc(OC(C)(F)F)cc1N1CCC2(CCC(CC(=O)O)CC2)CC1. The lowest BCUT2D eigenvalue weighted by molar-refractivity contribution is -0.159. The van der Waals surface area contributed by atoms with E-state index in [0.717, 1.165) is 69.1 Å². The summed E-state index contributed by atoms with van der Waals surface area (Å²) in [7, 11) is 0. The van der Waals surface area contributed by atoms with Gasteiger partial charge in [0, 0.05) is 37.4 Å². The summed E-state index contributed by atoms with van der Waals surface area (Å²) in [5, 5.41) is 9.00. The maximum absolute atomic E-state index is 13.2. The van der Waals surface area contributed by atoms with Gasteiger partial charge in [0.25, 0.3) is 0 Å². The van der Waals surface area contributed by atoms with Crippen LogP contribution in [-0.2, 0) is 4.79 Å². The molecule has 7 heteroatoms. The van der Waals surface area contributed by atoms with Crippen LogP contribution in [0.4, 0.5) is 14.5 Å². The minimum absolute atomic E-state index is 0.190. The van der Waals surface area contributed by atoms with E-state index in [2.05, 4.69) is 4.90 Å².